The number of hydrogen-bond acceptors (Lipinski definition) is 8. The van der Waals surface area contributed by atoms with Gasteiger partial charge in [-0.25, -0.2) is 18.4 Å². The molecular weight excluding hydrogens is 446 g/mol. The summed E-state index contributed by atoms with van der Waals surface area (Å²) in [5, 5.41) is 6.67. The first kappa shape index (κ1) is 22.9. The molecule has 3 heterocycles. The van der Waals surface area contributed by atoms with Crippen LogP contribution in [0.4, 0.5) is 5.69 Å². The maximum Gasteiger partial charge on any atom is 0.321 e. The Hall–Kier alpha value is -3.31. The second-order valence-corrected chi connectivity index (χ2v) is 9.83. The normalized spacial score (nSPS) is 17.0. The molecule has 0 unspecified atom stereocenters. The van der Waals surface area contributed by atoms with E-state index in [1.807, 2.05) is 6.92 Å². The molecule has 1 fully saturated rings. The van der Waals surface area contributed by atoms with Crippen molar-refractivity contribution in [1.29, 1.82) is 0 Å². The molecule has 4 rings (SSSR count). The van der Waals surface area contributed by atoms with E-state index in [9.17, 15) is 13.2 Å². The standard InChI is InChI=1S/C22H25N5O5S/c1-14-12-18(31-22-23-9-5-10-24-22)7-8-19(14)25-21(28)17-6-4-11-27(13-17)33(29,30)20-15(2)26-32-16(20)3/h5,7-10,12,17H,4,6,11,13H2,1-3H3,(H,25,28)/t17-/m0/s1. The van der Waals surface area contributed by atoms with Crippen molar-refractivity contribution in [2.75, 3.05) is 18.4 Å². The molecule has 1 atom stereocenters. The summed E-state index contributed by atoms with van der Waals surface area (Å²) in [6, 6.07) is 7.17. The van der Waals surface area contributed by atoms with Crippen LogP contribution in [-0.4, -0.2) is 46.8 Å². The fourth-order valence-electron chi connectivity index (χ4n) is 3.86. The summed E-state index contributed by atoms with van der Waals surface area (Å²) < 4.78 is 38.3. The molecule has 1 N–H and O–H groups in total. The van der Waals surface area contributed by atoms with Gasteiger partial charge in [0.2, 0.25) is 15.9 Å². The van der Waals surface area contributed by atoms with Gasteiger partial charge in [0.05, 0.1) is 5.92 Å². The van der Waals surface area contributed by atoms with Gasteiger partial charge in [0.15, 0.2) is 5.76 Å². The predicted molar refractivity (Wildman–Crippen MR) is 119 cm³/mol. The van der Waals surface area contributed by atoms with E-state index in [0.29, 0.717) is 36.5 Å². The topological polar surface area (TPSA) is 128 Å². The number of nitrogens with one attached hydrogen (secondary N) is 1. The number of rotatable bonds is 6. The fourth-order valence-corrected chi connectivity index (χ4v) is 5.68. The fraction of sp³-hybridized carbons (Fsp3) is 0.364. The molecule has 2 aromatic heterocycles. The molecule has 1 amide bonds. The van der Waals surface area contributed by atoms with E-state index >= 15 is 0 Å². The Labute approximate surface area is 192 Å². The second kappa shape index (κ2) is 9.28. The quantitative estimate of drug-likeness (QED) is 0.580. The number of benzene rings is 1. The number of anilines is 1. The average molecular weight is 472 g/mol. The van der Waals surface area contributed by atoms with E-state index < -0.39 is 15.9 Å². The van der Waals surface area contributed by atoms with Gasteiger partial charge in [-0.1, -0.05) is 5.16 Å². The molecule has 1 aliphatic heterocycles. The van der Waals surface area contributed by atoms with Gasteiger partial charge in [-0.3, -0.25) is 4.79 Å². The number of ether oxygens (including phenoxy) is 1. The minimum absolute atomic E-state index is 0.0809. The van der Waals surface area contributed by atoms with Gasteiger partial charge < -0.3 is 14.6 Å². The minimum atomic E-state index is -3.79. The first-order valence-electron chi connectivity index (χ1n) is 10.5. The zero-order chi connectivity index (χ0) is 23.6. The molecular formula is C22H25N5O5S. The molecule has 0 bridgehead atoms. The van der Waals surface area contributed by atoms with E-state index in [0.717, 1.165) is 5.56 Å². The second-order valence-electron chi connectivity index (χ2n) is 7.95. The maximum atomic E-state index is 13.1. The Bertz CT molecular complexity index is 1240. The van der Waals surface area contributed by atoms with Crippen LogP contribution in [0.2, 0.25) is 0 Å². The van der Waals surface area contributed by atoms with E-state index in [1.54, 1.807) is 50.5 Å². The molecule has 1 aliphatic rings. The highest BCUT2D eigenvalue weighted by Crippen LogP contribution is 2.29. The number of aryl methyl sites for hydroxylation is 3. The lowest BCUT2D eigenvalue weighted by atomic mass is 9.98. The van der Waals surface area contributed by atoms with Crippen molar-refractivity contribution in [2.24, 2.45) is 5.92 Å². The van der Waals surface area contributed by atoms with Crippen molar-refractivity contribution in [1.82, 2.24) is 19.4 Å². The van der Waals surface area contributed by atoms with Gasteiger partial charge in [-0.2, -0.15) is 4.31 Å². The van der Waals surface area contributed by atoms with Crippen molar-refractivity contribution in [3.8, 4) is 11.8 Å². The highest BCUT2D eigenvalue weighted by Gasteiger charge is 2.36. The first-order chi connectivity index (χ1) is 15.8. The van der Waals surface area contributed by atoms with Gasteiger partial charge in [-0.05, 0) is 63.4 Å². The Morgan fingerprint density at radius 3 is 2.64 bits per heavy atom. The molecule has 1 aromatic carbocycles. The van der Waals surface area contributed by atoms with Crippen molar-refractivity contribution >= 4 is 21.6 Å². The van der Waals surface area contributed by atoms with Gasteiger partial charge in [-0.15, -0.1) is 0 Å². The monoisotopic (exact) mass is 471 g/mol. The number of piperidine rings is 1. The summed E-state index contributed by atoms with van der Waals surface area (Å²) in [6.07, 6.45) is 4.36. The van der Waals surface area contributed by atoms with Crippen LogP contribution in [0.25, 0.3) is 0 Å². The zero-order valence-corrected chi connectivity index (χ0v) is 19.4. The van der Waals surface area contributed by atoms with Crippen LogP contribution in [0.5, 0.6) is 11.8 Å². The van der Waals surface area contributed by atoms with Crippen molar-refractivity contribution < 1.29 is 22.5 Å². The Kier molecular flexibility index (Phi) is 6.43. The summed E-state index contributed by atoms with van der Waals surface area (Å²) in [4.78, 5) is 21.1. The molecule has 0 aliphatic carbocycles. The number of aromatic nitrogens is 3. The molecule has 33 heavy (non-hydrogen) atoms. The Balaban J connectivity index is 1.44. The summed E-state index contributed by atoms with van der Waals surface area (Å²) in [5.74, 6) is 0.0999. The number of sulfonamides is 1. The zero-order valence-electron chi connectivity index (χ0n) is 18.6. The summed E-state index contributed by atoms with van der Waals surface area (Å²) in [7, 11) is -3.79. The van der Waals surface area contributed by atoms with Crippen LogP contribution in [0.1, 0.15) is 29.9 Å². The number of hydrogen-bond donors (Lipinski definition) is 1. The number of amides is 1. The molecule has 174 valence electrons. The van der Waals surface area contributed by atoms with E-state index in [2.05, 4.69) is 20.4 Å². The lowest BCUT2D eigenvalue weighted by Gasteiger charge is -2.31. The largest absolute Gasteiger partial charge is 0.424 e. The Morgan fingerprint density at radius 1 is 1.21 bits per heavy atom. The van der Waals surface area contributed by atoms with E-state index in [4.69, 9.17) is 9.26 Å². The van der Waals surface area contributed by atoms with Crippen LogP contribution >= 0.6 is 0 Å². The number of carbonyl (C=O) groups is 1. The Morgan fingerprint density at radius 2 is 1.97 bits per heavy atom. The molecule has 11 heteroatoms. The highest BCUT2D eigenvalue weighted by molar-refractivity contribution is 7.89. The summed E-state index contributed by atoms with van der Waals surface area (Å²) in [6.45, 7) is 5.47. The SMILES string of the molecule is Cc1cc(Oc2ncccn2)ccc1NC(=O)[C@H]1CCCN(S(=O)(=O)c2c(C)noc2C)C1. The molecule has 0 spiro atoms. The summed E-state index contributed by atoms with van der Waals surface area (Å²) in [5.41, 5.74) is 1.75. The van der Waals surface area contributed by atoms with Crippen LogP contribution in [-0.2, 0) is 14.8 Å². The maximum absolute atomic E-state index is 13.1. The highest BCUT2D eigenvalue weighted by atomic mass is 32.2. The average Bonchev–Trinajstić information content (AvgIpc) is 3.15. The molecule has 0 radical (unpaired) electrons. The lowest BCUT2D eigenvalue weighted by molar-refractivity contribution is -0.120. The van der Waals surface area contributed by atoms with E-state index in [1.165, 1.54) is 4.31 Å². The van der Waals surface area contributed by atoms with Gasteiger partial charge in [0.1, 0.15) is 16.3 Å². The van der Waals surface area contributed by atoms with Gasteiger partial charge >= 0.3 is 6.01 Å². The molecule has 0 saturated carbocycles. The number of nitrogens with zero attached hydrogens (tertiary/aromatic N) is 4. The lowest BCUT2D eigenvalue weighted by Crippen LogP contribution is -2.44. The molecule has 1 saturated heterocycles. The van der Waals surface area contributed by atoms with Gasteiger partial charge in [0.25, 0.3) is 0 Å². The predicted octanol–water partition coefficient (Wildman–Crippen LogP) is 3.22. The van der Waals surface area contributed by atoms with Crippen molar-refractivity contribution in [3.63, 3.8) is 0 Å². The first-order valence-corrected chi connectivity index (χ1v) is 12.0. The van der Waals surface area contributed by atoms with Crippen LogP contribution in [0.3, 0.4) is 0 Å². The van der Waals surface area contributed by atoms with Crippen molar-refractivity contribution in [2.45, 2.75) is 38.5 Å². The number of carbonyl (C=O) groups excluding carboxylic acids is 1. The minimum Gasteiger partial charge on any atom is -0.424 e. The third-order valence-corrected chi connectivity index (χ3v) is 7.64. The summed E-state index contributed by atoms with van der Waals surface area (Å²) >= 11 is 0. The van der Waals surface area contributed by atoms with Crippen LogP contribution in [0, 0.1) is 26.7 Å². The van der Waals surface area contributed by atoms with Gasteiger partial charge in [0, 0.05) is 31.2 Å². The van der Waals surface area contributed by atoms with E-state index in [-0.39, 0.29) is 29.1 Å². The van der Waals surface area contributed by atoms with Crippen LogP contribution in [0.15, 0.2) is 46.1 Å². The molecule has 3 aromatic rings. The van der Waals surface area contributed by atoms with Crippen molar-refractivity contribution in [3.05, 3.63) is 53.7 Å². The van der Waals surface area contributed by atoms with Crippen LogP contribution < -0.4 is 10.1 Å². The smallest absolute Gasteiger partial charge is 0.321 e. The molecule has 10 nitrogen and oxygen atoms in total. The third kappa shape index (κ3) is 4.88. The third-order valence-electron chi connectivity index (χ3n) is 5.53.